The highest BCUT2D eigenvalue weighted by molar-refractivity contribution is 5.70. The Morgan fingerprint density at radius 3 is 2.88 bits per heavy atom. The van der Waals surface area contributed by atoms with Crippen LogP contribution in [0, 0.1) is 0 Å². The minimum Gasteiger partial charge on any atom is -0.399 e. The minimum atomic E-state index is 0.295. The van der Waals surface area contributed by atoms with Gasteiger partial charge in [-0.25, -0.2) is 9.97 Å². The Kier molecular flexibility index (Phi) is 3.21. The third kappa shape index (κ3) is 2.40. The summed E-state index contributed by atoms with van der Waals surface area (Å²) < 4.78 is 3.84. The number of nitrogens with two attached hydrogens (primary N) is 1. The third-order valence-electron chi connectivity index (χ3n) is 4.93. The SMILES string of the molecule is Cn1cc(-c2cnc3c(NC4Cc5ccc(N)cc5C4)nccn23)cn1. The Labute approximate surface area is 150 Å². The molecule has 26 heavy (non-hydrogen) atoms. The van der Waals surface area contributed by atoms with Crippen molar-refractivity contribution in [1.29, 1.82) is 0 Å². The number of anilines is 2. The van der Waals surface area contributed by atoms with Gasteiger partial charge in [-0.05, 0) is 36.1 Å². The van der Waals surface area contributed by atoms with Gasteiger partial charge in [-0.3, -0.25) is 9.08 Å². The molecule has 0 saturated heterocycles. The summed E-state index contributed by atoms with van der Waals surface area (Å²) in [6, 6.07) is 6.45. The molecule has 0 fully saturated rings. The van der Waals surface area contributed by atoms with Crippen LogP contribution in [0.2, 0.25) is 0 Å². The molecule has 4 aromatic rings. The van der Waals surface area contributed by atoms with Gasteiger partial charge < -0.3 is 11.1 Å². The van der Waals surface area contributed by atoms with Crippen LogP contribution in [0.3, 0.4) is 0 Å². The molecule has 7 nitrogen and oxygen atoms in total. The number of aryl methyl sites for hydroxylation is 1. The van der Waals surface area contributed by atoms with Gasteiger partial charge in [-0.15, -0.1) is 0 Å². The van der Waals surface area contributed by atoms with Crippen molar-refractivity contribution in [3.63, 3.8) is 0 Å². The van der Waals surface area contributed by atoms with Crippen LogP contribution in [-0.4, -0.2) is 30.2 Å². The summed E-state index contributed by atoms with van der Waals surface area (Å²) in [4.78, 5) is 9.11. The van der Waals surface area contributed by atoms with E-state index in [0.717, 1.165) is 41.3 Å². The maximum absolute atomic E-state index is 5.91. The molecule has 1 aliphatic carbocycles. The molecule has 0 aliphatic heterocycles. The zero-order valence-corrected chi connectivity index (χ0v) is 14.4. The number of nitrogen functional groups attached to an aromatic ring is 1. The van der Waals surface area contributed by atoms with Crippen molar-refractivity contribution in [3.8, 4) is 11.3 Å². The molecule has 5 rings (SSSR count). The fourth-order valence-corrected chi connectivity index (χ4v) is 3.72. The van der Waals surface area contributed by atoms with Crippen molar-refractivity contribution < 1.29 is 0 Å². The molecule has 0 spiro atoms. The van der Waals surface area contributed by atoms with Crippen molar-refractivity contribution in [3.05, 3.63) is 60.3 Å². The molecular weight excluding hydrogens is 326 g/mol. The smallest absolute Gasteiger partial charge is 0.180 e. The first-order valence-electron chi connectivity index (χ1n) is 8.62. The van der Waals surface area contributed by atoms with E-state index in [-0.39, 0.29) is 0 Å². The predicted molar refractivity (Wildman–Crippen MR) is 101 cm³/mol. The Morgan fingerprint density at radius 1 is 1.15 bits per heavy atom. The van der Waals surface area contributed by atoms with Gasteiger partial charge in [0.05, 0.1) is 18.1 Å². The van der Waals surface area contributed by atoms with E-state index in [4.69, 9.17) is 5.73 Å². The highest BCUT2D eigenvalue weighted by Gasteiger charge is 2.23. The molecule has 1 aliphatic rings. The Bertz CT molecular complexity index is 1110. The van der Waals surface area contributed by atoms with Crippen LogP contribution in [-0.2, 0) is 19.9 Å². The summed E-state index contributed by atoms with van der Waals surface area (Å²) in [5.74, 6) is 0.799. The van der Waals surface area contributed by atoms with E-state index in [9.17, 15) is 0 Å². The molecule has 0 bridgehead atoms. The number of nitrogens with one attached hydrogen (secondary N) is 1. The lowest BCUT2D eigenvalue weighted by Crippen LogP contribution is -2.20. The van der Waals surface area contributed by atoms with Crippen molar-refractivity contribution in [2.24, 2.45) is 7.05 Å². The molecule has 1 atom stereocenters. The van der Waals surface area contributed by atoms with Crippen LogP contribution in [0.25, 0.3) is 16.9 Å². The number of rotatable bonds is 3. The van der Waals surface area contributed by atoms with Gasteiger partial charge in [0.2, 0.25) is 0 Å². The van der Waals surface area contributed by atoms with Crippen molar-refractivity contribution in [2.75, 3.05) is 11.1 Å². The highest BCUT2D eigenvalue weighted by atomic mass is 15.2. The van der Waals surface area contributed by atoms with Gasteiger partial charge in [0.15, 0.2) is 11.5 Å². The second-order valence-electron chi connectivity index (χ2n) is 6.79. The molecular formula is C19H19N7. The summed E-state index contributed by atoms with van der Waals surface area (Å²) in [5, 5.41) is 7.81. The van der Waals surface area contributed by atoms with Crippen LogP contribution >= 0.6 is 0 Å². The molecule has 0 amide bonds. The van der Waals surface area contributed by atoms with E-state index >= 15 is 0 Å². The molecule has 7 heteroatoms. The lowest BCUT2D eigenvalue weighted by Gasteiger charge is -2.13. The Morgan fingerprint density at radius 2 is 2.04 bits per heavy atom. The minimum absolute atomic E-state index is 0.295. The van der Waals surface area contributed by atoms with E-state index in [1.54, 1.807) is 10.9 Å². The molecule has 3 N–H and O–H groups in total. The average molecular weight is 345 g/mol. The van der Waals surface area contributed by atoms with Gasteiger partial charge in [0.25, 0.3) is 0 Å². The normalized spacial score (nSPS) is 16.1. The number of imidazole rings is 1. The highest BCUT2D eigenvalue weighted by Crippen LogP contribution is 2.28. The number of hydrogen-bond acceptors (Lipinski definition) is 5. The van der Waals surface area contributed by atoms with Gasteiger partial charge >= 0.3 is 0 Å². The first-order valence-corrected chi connectivity index (χ1v) is 8.62. The first kappa shape index (κ1) is 14.9. The quantitative estimate of drug-likeness (QED) is 0.557. The topological polar surface area (TPSA) is 86.1 Å². The van der Waals surface area contributed by atoms with E-state index in [1.807, 2.05) is 42.3 Å². The van der Waals surface area contributed by atoms with Gasteiger partial charge in [0, 0.05) is 42.9 Å². The number of nitrogens with zero attached hydrogens (tertiary/aromatic N) is 5. The van der Waals surface area contributed by atoms with Crippen LogP contribution in [0.4, 0.5) is 11.5 Å². The van der Waals surface area contributed by atoms with E-state index in [0.29, 0.717) is 6.04 Å². The number of aromatic nitrogens is 5. The second-order valence-corrected chi connectivity index (χ2v) is 6.79. The largest absolute Gasteiger partial charge is 0.399 e. The first-order chi connectivity index (χ1) is 12.7. The number of hydrogen-bond donors (Lipinski definition) is 2. The molecule has 3 aromatic heterocycles. The van der Waals surface area contributed by atoms with Crippen LogP contribution < -0.4 is 11.1 Å². The molecule has 0 saturated carbocycles. The molecule has 0 radical (unpaired) electrons. The predicted octanol–water partition coefficient (Wildman–Crippen LogP) is 2.29. The monoisotopic (exact) mass is 345 g/mol. The van der Waals surface area contributed by atoms with E-state index in [1.165, 1.54) is 11.1 Å². The lowest BCUT2D eigenvalue weighted by atomic mass is 10.1. The maximum Gasteiger partial charge on any atom is 0.180 e. The summed E-state index contributed by atoms with van der Waals surface area (Å²) in [6.45, 7) is 0. The van der Waals surface area contributed by atoms with Gasteiger partial charge in [-0.1, -0.05) is 6.07 Å². The summed E-state index contributed by atoms with van der Waals surface area (Å²) >= 11 is 0. The standard InChI is InChI=1S/C19H19N7/c1-25-11-14(9-23-25)17-10-22-19-18(21-4-5-26(17)19)24-16-7-12-2-3-15(20)6-13(12)8-16/h2-6,9-11,16H,7-8,20H2,1H3,(H,21,24). The van der Waals surface area contributed by atoms with E-state index in [2.05, 4.69) is 32.5 Å². The summed E-state index contributed by atoms with van der Waals surface area (Å²) in [6.07, 6.45) is 11.3. The average Bonchev–Trinajstić information content (AvgIpc) is 3.32. The van der Waals surface area contributed by atoms with Crippen molar-refractivity contribution in [1.82, 2.24) is 24.1 Å². The third-order valence-corrected chi connectivity index (χ3v) is 4.93. The number of fused-ring (bicyclic) bond motifs is 2. The van der Waals surface area contributed by atoms with Gasteiger partial charge in [-0.2, -0.15) is 5.10 Å². The Balaban J connectivity index is 1.46. The van der Waals surface area contributed by atoms with Crippen LogP contribution in [0.1, 0.15) is 11.1 Å². The maximum atomic E-state index is 5.91. The van der Waals surface area contributed by atoms with Crippen LogP contribution in [0.5, 0.6) is 0 Å². The fraction of sp³-hybridized carbons (Fsp3) is 0.211. The van der Waals surface area contributed by atoms with Crippen LogP contribution in [0.15, 0.2) is 49.2 Å². The molecule has 130 valence electrons. The second kappa shape index (κ2) is 5.59. The molecule has 1 aromatic carbocycles. The zero-order chi connectivity index (χ0) is 17.7. The van der Waals surface area contributed by atoms with Crippen molar-refractivity contribution >= 4 is 17.2 Å². The summed E-state index contributed by atoms with van der Waals surface area (Å²) in [7, 11) is 1.91. The summed E-state index contributed by atoms with van der Waals surface area (Å²) in [5.41, 5.74) is 12.2. The Hall–Kier alpha value is -3.35. The number of benzene rings is 1. The fourth-order valence-electron chi connectivity index (χ4n) is 3.72. The van der Waals surface area contributed by atoms with Crippen molar-refractivity contribution in [2.45, 2.75) is 18.9 Å². The molecule has 3 heterocycles. The van der Waals surface area contributed by atoms with E-state index < -0.39 is 0 Å². The zero-order valence-electron chi connectivity index (χ0n) is 14.4. The molecule has 1 unspecified atom stereocenters. The van der Waals surface area contributed by atoms with Gasteiger partial charge in [0.1, 0.15) is 0 Å². The lowest BCUT2D eigenvalue weighted by molar-refractivity contribution is 0.768.